The Balaban J connectivity index is 1.34. The highest BCUT2D eigenvalue weighted by molar-refractivity contribution is 6.32. The largest absolute Gasteiger partial charge is 0.495 e. The Labute approximate surface area is 176 Å². The smallest absolute Gasteiger partial charge is 0.254 e. The van der Waals surface area contributed by atoms with Crippen molar-refractivity contribution < 1.29 is 14.3 Å². The highest BCUT2D eigenvalue weighted by Crippen LogP contribution is 2.59. The molecule has 2 aromatic rings. The van der Waals surface area contributed by atoms with Gasteiger partial charge in [0.25, 0.3) is 5.91 Å². The molecule has 6 heteroatoms. The topological polar surface area (TPSA) is 58.6 Å². The van der Waals surface area contributed by atoms with Crippen molar-refractivity contribution in [1.82, 2.24) is 4.90 Å². The maximum atomic E-state index is 12.8. The molecule has 5 nitrogen and oxygen atoms in total. The van der Waals surface area contributed by atoms with Crippen LogP contribution in [-0.4, -0.2) is 36.9 Å². The fraction of sp³-hybridized carbons (Fsp3) is 0.391. The number of methoxy groups -OCH3 is 1. The number of amides is 2. The lowest BCUT2D eigenvalue weighted by atomic mass is 9.90. The number of ether oxygens (including phenoxy) is 1. The number of carbonyl (C=O) groups excluding carboxylic acids is 2. The van der Waals surface area contributed by atoms with Gasteiger partial charge in [-0.3, -0.25) is 9.59 Å². The molecule has 0 radical (unpaired) electrons. The second kappa shape index (κ2) is 7.71. The maximum Gasteiger partial charge on any atom is 0.254 e. The predicted octanol–water partition coefficient (Wildman–Crippen LogP) is 4.54. The molecular formula is C23H25ClN2O3. The van der Waals surface area contributed by atoms with E-state index in [-0.39, 0.29) is 23.1 Å². The zero-order valence-electron chi connectivity index (χ0n) is 16.7. The molecule has 2 fully saturated rings. The van der Waals surface area contributed by atoms with Gasteiger partial charge in [-0.25, -0.2) is 0 Å². The summed E-state index contributed by atoms with van der Waals surface area (Å²) in [6.07, 6.45) is 2.62. The van der Waals surface area contributed by atoms with E-state index in [9.17, 15) is 9.59 Å². The minimum absolute atomic E-state index is 0.000842. The number of benzene rings is 2. The van der Waals surface area contributed by atoms with Crippen molar-refractivity contribution in [2.45, 2.75) is 26.2 Å². The molecule has 2 aliphatic rings. The third-order valence-corrected chi connectivity index (χ3v) is 6.64. The lowest BCUT2D eigenvalue weighted by molar-refractivity contribution is -0.118. The zero-order valence-corrected chi connectivity index (χ0v) is 17.5. The van der Waals surface area contributed by atoms with Gasteiger partial charge in [0.2, 0.25) is 5.91 Å². The van der Waals surface area contributed by atoms with E-state index < -0.39 is 0 Å². The minimum Gasteiger partial charge on any atom is -0.495 e. The number of piperidine rings is 1. The summed E-state index contributed by atoms with van der Waals surface area (Å²) >= 11 is 6.14. The fourth-order valence-electron chi connectivity index (χ4n) is 4.38. The molecule has 1 N–H and O–H groups in total. The molecule has 29 heavy (non-hydrogen) atoms. The molecule has 4 rings (SSSR count). The number of aryl methyl sites for hydroxylation is 1. The van der Waals surface area contributed by atoms with Crippen molar-refractivity contribution in [2.75, 3.05) is 25.5 Å². The van der Waals surface area contributed by atoms with Crippen LogP contribution in [0.3, 0.4) is 0 Å². The SMILES string of the molecule is COc1ccc(NC(=O)[C@H]2CC23CCN(C(=O)c2ccccc2C)CC3)cc1Cl. The number of hydrogen-bond donors (Lipinski definition) is 1. The maximum absolute atomic E-state index is 12.8. The molecule has 1 aliphatic heterocycles. The second-order valence-corrected chi connectivity index (χ2v) is 8.47. The summed E-state index contributed by atoms with van der Waals surface area (Å²) in [6.45, 7) is 3.36. The monoisotopic (exact) mass is 412 g/mol. The Morgan fingerprint density at radius 3 is 2.55 bits per heavy atom. The van der Waals surface area contributed by atoms with Crippen LogP contribution in [0.2, 0.25) is 5.02 Å². The molecule has 1 heterocycles. The number of halogens is 1. The Morgan fingerprint density at radius 2 is 1.90 bits per heavy atom. The van der Waals surface area contributed by atoms with Gasteiger partial charge in [-0.1, -0.05) is 29.8 Å². The van der Waals surface area contributed by atoms with Gasteiger partial charge in [0, 0.05) is 30.3 Å². The molecule has 1 saturated heterocycles. The van der Waals surface area contributed by atoms with Crippen LogP contribution in [0.1, 0.15) is 35.2 Å². The van der Waals surface area contributed by atoms with Gasteiger partial charge in [-0.2, -0.15) is 0 Å². The number of likely N-dealkylation sites (tertiary alicyclic amines) is 1. The number of nitrogens with zero attached hydrogens (tertiary/aromatic N) is 1. The van der Waals surface area contributed by atoms with Crippen LogP contribution >= 0.6 is 11.6 Å². The summed E-state index contributed by atoms with van der Waals surface area (Å²) in [5.41, 5.74) is 2.47. The first-order valence-electron chi connectivity index (χ1n) is 9.93. The van der Waals surface area contributed by atoms with E-state index in [0.717, 1.165) is 30.4 Å². The molecule has 1 saturated carbocycles. The lowest BCUT2D eigenvalue weighted by Crippen LogP contribution is -2.40. The molecule has 2 amide bonds. The number of carbonyl (C=O) groups is 2. The van der Waals surface area contributed by atoms with Gasteiger partial charge in [0.1, 0.15) is 5.75 Å². The molecule has 0 unspecified atom stereocenters. The van der Waals surface area contributed by atoms with Crippen LogP contribution in [0, 0.1) is 18.3 Å². The van der Waals surface area contributed by atoms with Crippen molar-refractivity contribution >= 4 is 29.1 Å². The van der Waals surface area contributed by atoms with E-state index in [1.807, 2.05) is 36.1 Å². The van der Waals surface area contributed by atoms with E-state index >= 15 is 0 Å². The lowest BCUT2D eigenvalue weighted by Gasteiger charge is -2.33. The summed E-state index contributed by atoms with van der Waals surface area (Å²) in [7, 11) is 1.56. The van der Waals surface area contributed by atoms with Crippen LogP contribution in [-0.2, 0) is 4.79 Å². The predicted molar refractivity (Wildman–Crippen MR) is 113 cm³/mol. The van der Waals surface area contributed by atoms with Crippen molar-refractivity contribution in [3.63, 3.8) is 0 Å². The Morgan fingerprint density at radius 1 is 1.17 bits per heavy atom. The van der Waals surface area contributed by atoms with Crippen molar-refractivity contribution in [3.05, 3.63) is 58.6 Å². The molecule has 1 spiro atoms. The average molecular weight is 413 g/mol. The number of rotatable bonds is 4. The van der Waals surface area contributed by atoms with Gasteiger partial charge in [-0.15, -0.1) is 0 Å². The quantitative estimate of drug-likeness (QED) is 0.802. The van der Waals surface area contributed by atoms with Gasteiger partial charge < -0.3 is 15.0 Å². The van der Waals surface area contributed by atoms with E-state index in [4.69, 9.17) is 16.3 Å². The summed E-state index contributed by atoms with van der Waals surface area (Å²) in [5, 5.41) is 3.45. The van der Waals surface area contributed by atoms with Crippen molar-refractivity contribution in [3.8, 4) is 5.75 Å². The van der Waals surface area contributed by atoms with E-state index in [1.165, 1.54) is 0 Å². The molecule has 0 aromatic heterocycles. The minimum atomic E-state index is -0.000842. The number of nitrogens with one attached hydrogen (secondary N) is 1. The summed E-state index contributed by atoms with van der Waals surface area (Å²) in [6, 6.07) is 12.9. The van der Waals surface area contributed by atoms with Crippen LogP contribution in [0.5, 0.6) is 5.75 Å². The van der Waals surface area contributed by atoms with Crippen LogP contribution in [0.4, 0.5) is 5.69 Å². The fourth-order valence-corrected chi connectivity index (χ4v) is 4.64. The third-order valence-electron chi connectivity index (χ3n) is 6.35. The highest BCUT2D eigenvalue weighted by atomic mass is 35.5. The molecule has 152 valence electrons. The average Bonchev–Trinajstić information content (AvgIpc) is 3.42. The molecular weight excluding hydrogens is 388 g/mol. The van der Waals surface area contributed by atoms with E-state index in [1.54, 1.807) is 25.3 Å². The third kappa shape index (κ3) is 3.84. The summed E-state index contributed by atoms with van der Waals surface area (Å²) < 4.78 is 5.15. The number of anilines is 1. The second-order valence-electron chi connectivity index (χ2n) is 8.06. The first-order chi connectivity index (χ1) is 13.9. The first kappa shape index (κ1) is 19.8. The van der Waals surface area contributed by atoms with Crippen molar-refractivity contribution in [2.24, 2.45) is 11.3 Å². The molecule has 1 aliphatic carbocycles. The van der Waals surface area contributed by atoms with E-state index in [0.29, 0.717) is 29.5 Å². The first-order valence-corrected chi connectivity index (χ1v) is 10.3. The van der Waals surface area contributed by atoms with Crippen LogP contribution in [0.15, 0.2) is 42.5 Å². The standard InChI is InChI=1S/C23H25ClN2O3/c1-15-5-3-4-6-17(15)22(28)26-11-9-23(10-12-26)14-18(23)21(27)25-16-7-8-20(29-2)19(24)13-16/h3-8,13,18H,9-12,14H2,1-2H3,(H,25,27)/t18-/m1/s1. The Bertz CT molecular complexity index is 951. The normalized spacial score (nSPS) is 19.7. The Kier molecular flexibility index (Phi) is 5.26. The van der Waals surface area contributed by atoms with E-state index in [2.05, 4.69) is 5.32 Å². The summed E-state index contributed by atoms with van der Waals surface area (Å²) in [4.78, 5) is 27.5. The van der Waals surface area contributed by atoms with Gasteiger partial charge in [0.15, 0.2) is 0 Å². The highest BCUT2D eigenvalue weighted by Gasteiger charge is 2.58. The zero-order chi connectivity index (χ0) is 20.6. The van der Waals surface area contributed by atoms with Gasteiger partial charge >= 0.3 is 0 Å². The van der Waals surface area contributed by atoms with Gasteiger partial charge in [0.05, 0.1) is 12.1 Å². The molecule has 1 atom stereocenters. The molecule has 0 bridgehead atoms. The Hall–Kier alpha value is -2.53. The van der Waals surface area contributed by atoms with Crippen LogP contribution < -0.4 is 10.1 Å². The number of hydrogen-bond acceptors (Lipinski definition) is 3. The molecule has 2 aromatic carbocycles. The van der Waals surface area contributed by atoms with Crippen LogP contribution in [0.25, 0.3) is 0 Å². The van der Waals surface area contributed by atoms with Crippen molar-refractivity contribution in [1.29, 1.82) is 0 Å². The summed E-state index contributed by atoms with van der Waals surface area (Å²) in [5.74, 6) is 0.703. The van der Waals surface area contributed by atoms with Gasteiger partial charge in [-0.05, 0) is 61.4 Å².